The lowest BCUT2D eigenvalue weighted by molar-refractivity contribution is -0.260. The van der Waals surface area contributed by atoms with Gasteiger partial charge >= 0.3 is 5.97 Å². The molecule has 0 heterocycles. The van der Waals surface area contributed by atoms with Crippen molar-refractivity contribution in [3.8, 4) is 0 Å². The zero-order chi connectivity index (χ0) is 16.1. The third kappa shape index (κ3) is 2.16. The monoisotopic (exact) mass is 306 g/mol. The number of methoxy groups -OCH3 is 1. The molecule has 0 aliphatic heterocycles. The van der Waals surface area contributed by atoms with Crippen LogP contribution >= 0.6 is 0 Å². The quantitative estimate of drug-likeness (QED) is 0.566. The van der Waals surface area contributed by atoms with Crippen molar-refractivity contribution in [3.05, 3.63) is 12.2 Å². The van der Waals surface area contributed by atoms with Crippen molar-refractivity contribution in [2.45, 2.75) is 70.5 Å². The number of esters is 1. The summed E-state index contributed by atoms with van der Waals surface area (Å²) in [6, 6.07) is 0. The first-order valence-corrected chi connectivity index (χ1v) is 8.81. The largest absolute Gasteiger partial charge is 0.455 e. The average molecular weight is 306 g/mol. The van der Waals surface area contributed by atoms with Gasteiger partial charge in [0.15, 0.2) is 0 Å². The maximum Gasteiger partial charge on any atom is 0.333 e. The number of hydrogen-bond donors (Lipinski definition) is 0. The van der Waals surface area contributed by atoms with Gasteiger partial charge in [-0.3, -0.25) is 0 Å². The third-order valence-corrected chi connectivity index (χ3v) is 6.84. The summed E-state index contributed by atoms with van der Waals surface area (Å²) in [5, 5.41) is 0. The maximum absolute atomic E-state index is 12.4. The van der Waals surface area contributed by atoms with Crippen molar-refractivity contribution in [2.24, 2.45) is 23.7 Å². The standard InChI is InChI=1S/C19H30O3/c1-6-13(4)19(22-17(20)12(2)3)15-7-14-8-16(19)11-18(9-14,10-15)21-5/h13-16H,2,6-11H2,1,3-5H3. The molecular formula is C19H30O3. The summed E-state index contributed by atoms with van der Waals surface area (Å²) in [4.78, 5) is 12.4. The zero-order valence-corrected chi connectivity index (χ0v) is 14.5. The van der Waals surface area contributed by atoms with E-state index in [2.05, 4.69) is 20.4 Å². The van der Waals surface area contributed by atoms with Crippen LogP contribution in [0.15, 0.2) is 12.2 Å². The minimum Gasteiger partial charge on any atom is -0.455 e. The van der Waals surface area contributed by atoms with Gasteiger partial charge in [0.05, 0.1) is 5.60 Å². The molecule has 4 rings (SSSR count). The second-order valence-corrected chi connectivity index (χ2v) is 8.06. The molecule has 124 valence electrons. The first-order valence-electron chi connectivity index (χ1n) is 8.81. The average Bonchev–Trinajstić information content (AvgIpc) is 2.49. The van der Waals surface area contributed by atoms with E-state index in [4.69, 9.17) is 9.47 Å². The molecule has 4 fully saturated rings. The van der Waals surface area contributed by atoms with Crippen molar-refractivity contribution < 1.29 is 14.3 Å². The summed E-state index contributed by atoms with van der Waals surface area (Å²) in [5.41, 5.74) is 0.255. The molecule has 0 saturated heterocycles. The molecule has 4 aliphatic rings. The molecular weight excluding hydrogens is 276 g/mol. The SMILES string of the molecule is C=C(C)C(=O)OC1(C(C)CC)C2CC3CC1CC(OC)(C3)C2. The van der Waals surface area contributed by atoms with Crippen LogP contribution in [0.1, 0.15) is 59.3 Å². The highest BCUT2D eigenvalue weighted by atomic mass is 16.6. The van der Waals surface area contributed by atoms with E-state index in [0.29, 0.717) is 23.3 Å². The van der Waals surface area contributed by atoms with Crippen LogP contribution < -0.4 is 0 Å². The van der Waals surface area contributed by atoms with Crippen LogP contribution in [-0.2, 0) is 14.3 Å². The van der Waals surface area contributed by atoms with Crippen LogP contribution in [-0.4, -0.2) is 24.3 Å². The fourth-order valence-corrected chi connectivity index (χ4v) is 5.82. The summed E-state index contributed by atoms with van der Waals surface area (Å²) in [5.74, 6) is 1.81. The number of carbonyl (C=O) groups excluding carboxylic acids is 1. The van der Waals surface area contributed by atoms with Crippen LogP contribution in [0.25, 0.3) is 0 Å². The van der Waals surface area contributed by atoms with Gasteiger partial charge in [0, 0.05) is 24.5 Å². The van der Waals surface area contributed by atoms with Gasteiger partial charge < -0.3 is 9.47 Å². The van der Waals surface area contributed by atoms with Crippen molar-refractivity contribution in [2.75, 3.05) is 7.11 Å². The Hall–Kier alpha value is -0.830. The molecule has 0 aromatic heterocycles. The molecule has 3 heteroatoms. The molecule has 3 atom stereocenters. The van der Waals surface area contributed by atoms with Gasteiger partial charge in [0.1, 0.15) is 5.60 Å². The van der Waals surface area contributed by atoms with Crippen molar-refractivity contribution in [1.82, 2.24) is 0 Å². The first kappa shape index (κ1) is 16.0. The number of carbonyl (C=O) groups is 1. The Labute approximate surface area is 134 Å². The predicted molar refractivity (Wildman–Crippen MR) is 86.4 cm³/mol. The van der Waals surface area contributed by atoms with Crippen LogP contribution in [0.4, 0.5) is 0 Å². The lowest BCUT2D eigenvalue weighted by atomic mass is 9.45. The van der Waals surface area contributed by atoms with E-state index in [1.54, 1.807) is 6.92 Å². The fraction of sp³-hybridized carbons (Fsp3) is 0.842. The Morgan fingerprint density at radius 3 is 2.32 bits per heavy atom. The fourth-order valence-electron chi connectivity index (χ4n) is 5.82. The molecule has 0 N–H and O–H groups in total. The zero-order valence-electron chi connectivity index (χ0n) is 14.5. The van der Waals surface area contributed by atoms with E-state index in [-0.39, 0.29) is 17.2 Å². The van der Waals surface area contributed by atoms with Crippen LogP contribution in [0.2, 0.25) is 0 Å². The Balaban J connectivity index is 1.97. The Morgan fingerprint density at radius 1 is 1.27 bits per heavy atom. The number of rotatable bonds is 5. The Bertz CT molecular complexity index is 465. The summed E-state index contributed by atoms with van der Waals surface area (Å²) in [6.45, 7) is 10.00. The van der Waals surface area contributed by atoms with E-state index in [0.717, 1.165) is 25.2 Å². The van der Waals surface area contributed by atoms with Crippen LogP contribution in [0.5, 0.6) is 0 Å². The molecule has 0 aromatic carbocycles. The summed E-state index contributed by atoms with van der Waals surface area (Å²) in [7, 11) is 1.86. The topological polar surface area (TPSA) is 35.5 Å². The molecule has 4 aliphatic carbocycles. The van der Waals surface area contributed by atoms with Gasteiger partial charge in [0.25, 0.3) is 0 Å². The predicted octanol–water partition coefficient (Wildman–Crippen LogP) is 4.12. The smallest absolute Gasteiger partial charge is 0.333 e. The van der Waals surface area contributed by atoms with E-state index in [1.165, 1.54) is 19.3 Å². The molecule has 0 spiro atoms. The summed E-state index contributed by atoms with van der Waals surface area (Å²) < 4.78 is 12.2. The highest BCUT2D eigenvalue weighted by molar-refractivity contribution is 5.87. The lowest BCUT2D eigenvalue weighted by Crippen LogP contribution is -2.67. The van der Waals surface area contributed by atoms with Crippen molar-refractivity contribution in [3.63, 3.8) is 0 Å². The summed E-state index contributed by atoms with van der Waals surface area (Å²) >= 11 is 0. The van der Waals surface area contributed by atoms with Gasteiger partial charge in [0.2, 0.25) is 0 Å². The molecule has 3 unspecified atom stereocenters. The number of ether oxygens (including phenoxy) is 2. The van der Waals surface area contributed by atoms with Gasteiger partial charge in [-0.1, -0.05) is 20.4 Å². The van der Waals surface area contributed by atoms with E-state index < -0.39 is 0 Å². The van der Waals surface area contributed by atoms with Crippen molar-refractivity contribution in [1.29, 1.82) is 0 Å². The first-order chi connectivity index (χ1) is 10.4. The second kappa shape index (κ2) is 5.36. The molecule has 0 amide bonds. The molecule has 0 aromatic rings. The molecule has 4 bridgehead atoms. The van der Waals surface area contributed by atoms with E-state index >= 15 is 0 Å². The highest BCUT2D eigenvalue weighted by Gasteiger charge is 2.65. The summed E-state index contributed by atoms with van der Waals surface area (Å²) in [6.07, 6.45) is 6.71. The molecule has 3 nitrogen and oxygen atoms in total. The highest BCUT2D eigenvalue weighted by Crippen LogP contribution is 2.64. The molecule has 4 saturated carbocycles. The lowest BCUT2D eigenvalue weighted by Gasteiger charge is -2.65. The molecule has 0 radical (unpaired) electrons. The van der Waals surface area contributed by atoms with E-state index in [9.17, 15) is 4.79 Å². The van der Waals surface area contributed by atoms with Crippen molar-refractivity contribution >= 4 is 5.97 Å². The van der Waals surface area contributed by atoms with Gasteiger partial charge in [-0.2, -0.15) is 0 Å². The number of hydrogen-bond acceptors (Lipinski definition) is 3. The minimum absolute atomic E-state index is 0.0447. The normalized spacial score (nSPS) is 43.9. The van der Waals surface area contributed by atoms with Crippen LogP contribution in [0.3, 0.4) is 0 Å². The molecule has 22 heavy (non-hydrogen) atoms. The van der Waals surface area contributed by atoms with Gasteiger partial charge in [-0.25, -0.2) is 4.79 Å². The van der Waals surface area contributed by atoms with Gasteiger partial charge in [-0.15, -0.1) is 0 Å². The maximum atomic E-state index is 12.4. The third-order valence-electron chi connectivity index (χ3n) is 6.84. The Morgan fingerprint density at radius 2 is 1.86 bits per heavy atom. The van der Waals surface area contributed by atoms with Crippen LogP contribution in [0, 0.1) is 23.7 Å². The van der Waals surface area contributed by atoms with Gasteiger partial charge in [-0.05, 0) is 57.3 Å². The minimum atomic E-state index is -0.302. The van der Waals surface area contributed by atoms with E-state index in [1.807, 2.05) is 7.11 Å². The Kier molecular flexibility index (Phi) is 3.91. The second-order valence-electron chi connectivity index (χ2n) is 8.06.